The van der Waals surface area contributed by atoms with Gasteiger partial charge in [0.1, 0.15) is 28.3 Å². The molecule has 0 N–H and O–H groups in total. The minimum absolute atomic E-state index is 0.565. The smallest absolute Gasteiger partial charge is 0.236 e. The van der Waals surface area contributed by atoms with Crippen LogP contribution in [0.4, 0.5) is 0 Å². The van der Waals surface area contributed by atoms with Crippen molar-refractivity contribution in [3.63, 3.8) is 0 Å². The number of hydrogen-bond donors (Lipinski definition) is 0. The summed E-state index contributed by atoms with van der Waals surface area (Å²) in [5.41, 5.74) is 14.9. The van der Waals surface area contributed by atoms with E-state index in [0.717, 1.165) is 83.3 Å². The van der Waals surface area contributed by atoms with Crippen LogP contribution in [0.15, 0.2) is 192 Å². The highest BCUT2D eigenvalue weighted by atomic mass is 16.5. The van der Waals surface area contributed by atoms with Crippen molar-refractivity contribution in [1.29, 1.82) is 0 Å². The van der Waals surface area contributed by atoms with E-state index in [1.165, 1.54) is 22.3 Å². The van der Waals surface area contributed by atoms with Gasteiger partial charge in [0.2, 0.25) is 5.95 Å². The molecule has 0 bridgehead atoms. The summed E-state index contributed by atoms with van der Waals surface area (Å²) >= 11 is 0. The fourth-order valence-electron chi connectivity index (χ4n) is 9.91. The summed E-state index contributed by atoms with van der Waals surface area (Å²) in [5.74, 6) is 2.27. The largest absolute Gasteiger partial charge is 0.456 e. The van der Waals surface area contributed by atoms with Crippen molar-refractivity contribution in [1.82, 2.24) is 14.5 Å². The molecule has 5 nitrogen and oxygen atoms in total. The minimum atomic E-state index is -0.570. The van der Waals surface area contributed by atoms with Crippen LogP contribution in [0.2, 0.25) is 0 Å². The zero-order valence-electron chi connectivity index (χ0n) is 31.1. The SMILES string of the molecule is c1ccc(-c2ccc(-c3nc(-n4c5ccccc5c5c6c(ccc54)C4(c5ccccc5O6)c5ccccc5-c5ccccc54)nc4c3oc3ccccc34)cc2)cc1. The molecule has 4 heterocycles. The molecule has 0 fully saturated rings. The first-order valence-corrected chi connectivity index (χ1v) is 19.7. The van der Waals surface area contributed by atoms with Crippen molar-refractivity contribution < 1.29 is 9.15 Å². The zero-order chi connectivity index (χ0) is 38.0. The van der Waals surface area contributed by atoms with Gasteiger partial charge in [-0.2, -0.15) is 0 Å². The lowest BCUT2D eigenvalue weighted by atomic mass is 9.66. The minimum Gasteiger partial charge on any atom is -0.456 e. The summed E-state index contributed by atoms with van der Waals surface area (Å²) in [6.07, 6.45) is 0. The summed E-state index contributed by atoms with van der Waals surface area (Å²) in [6, 6.07) is 66.4. The van der Waals surface area contributed by atoms with Crippen LogP contribution in [0, 0.1) is 0 Å². The van der Waals surface area contributed by atoms with Gasteiger partial charge in [-0.25, -0.2) is 9.97 Å². The molecule has 5 heteroatoms. The van der Waals surface area contributed by atoms with E-state index in [2.05, 4.69) is 168 Å². The Labute approximate surface area is 333 Å². The third kappa shape index (κ3) is 4.09. The number of ether oxygens (including phenoxy) is 1. The number of aromatic nitrogens is 3. The van der Waals surface area contributed by atoms with E-state index in [4.69, 9.17) is 19.1 Å². The summed E-state index contributed by atoms with van der Waals surface area (Å²) in [6.45, 7) is 0. The molecular weight excluding hydrogens is 711 g/mol. The number of rotatable bonds is 3. The van der Waals surface area contributed by atoms with Crippen LogP contribution < -0.4 is 4.74 Å². The van der Waals surface area contributed by atoms with Gasteiger partial charge in [0, 0.05) is 27.5 Å². The summed E-state index contributed by atoms with van der Waals surface area (Å²) < 4.78 is 15.9. The van der Waals surface area contributed by atoms with Gasteiger partial charge in [-0.15, -0.1) is 0 Å². The number of fused-ring (bicyclic) bond motifs is 16. The molecule has 0 unspecified atom stereocenters. The fraction of sp³-hybridized carbons (Fsp3) is 0.0189. The Balaban J connectivity index is 1.11. The lowest BCUT2D eigenvalue weighted by molar-refractivity contribution is 0.442. The topological polar surface area (TPSA) is 53.1 Å². The van der Waals surface area contributed by atoms with E-state index in [9.17, 15) is 0 Å². The Morgan fingerprint density at radius 3 is 1.86 bits per heavy atom. The van der Waals surface area contributed by atoms with Crippen LogP contribution >= 0.6 is 0 Å². The van der Waals surface area contributed by atoms with Crippen molar-refractivity contribution >= 4 is 43.9 Å². The molecule has 1 aliphatic heterocycles. The van der Waals surface area contributed by atoms with Crippen LogP contribution in [0.5, 0.6) is 11.5 Å². The number of furan rings is 1. The summed E-state index contributed by atoms with van der Waals surface area (Å²) in [4.78, 5) is 10.8. The lowest BCUT2D eigenvalue weighted by Crippen LogP contribution is -2.32. The van der Waals surface area contributed by atoms with Gasteiger partial charge in [-0.05, 0) is 63.7 Å². The Hall–Kier alpha value is -7.76. The second-order valence-electron chi connectivity index (χ2n) is 15.2. The third-order valence-electron chi connectivity index (χ3n) is 12.3. The van der Waals surface area contributed by atoms with Crippen molar-refractivity contribution in [2.24, 2.45) is 0 Å². The molecule has 1 aliphatic carbocycles. The highest BCUT2D eigenvalue weighted by molar-refractivity contribution is 6.14. The number of benzene rings is 8. The van der Waals surface area contributed by atoms with Crippen molar-refractivity contribution in [2.45, 2.75) is 5.41 Å². The molecule has 11 aromatic rings. The van der Waals surface area contributed by atoms with Crippen LogP contribution in [-0.4, -0.2) is 14.5 Å². The van der Waals surface area contributed by atoms with Crippen LogP contribution in [0.1, 0.15) is 22.3 Å². The van der Waals surface area contributed by atoms with E-state index in [-0.39, 0.29) is 0 Å². The van der Waals surface area contributed by atoms with Gasteiger partial charge in [-0.3, -0.25) is 4.57 Å². The van der Waals surface area contributed by atoms with Gasteiger partial charge < -0.3 is 9.15 Å². The number of para-hydroxylation sites is 3. The van der Waals surface area contributed by atoms with Crippen molar-refractivity contribution in [3.8, 4) is 51.0 Å². The molecule has 2 aliphatic rings. The van der Waals surface area contributed by atoms with Gasteiger partial charge in [0.25, 0.3) is 0 Å². The monoisotopic (exact) mass is 741 g/mol. The molecule has 0 saturated carbocycles. The predicted molar refractivity (Wildman–Crippen MR) is 232 cm³/mol. The average Bonchev–Trinajstić information content (AvgIpc) is 3.94. The maximum absolute atomic E-state index is 7.15. The highest BCUT2D eigenvalue weighted by Gasteiger charge is 2.51. The van der Waals surface area contributed by atoms with Crippen molar-refractivity contribution in [2.75, 3.05) is 0 Å². The van der Waals surface area contributed by atoms with E-state index < -0.39 is 5.41 Å². The number of hydrogen-bond acceptors (Lipinski definition) is 4. The Bertz CT molecular complexity index is 3440. The highest BCUT2D eigenvalue weighted by Crippen LogP contribution is 2.63. The van der Waals surface area contributed by atoms with Crippen LogP contribution in [-0.2, 0) is 5.41 Å². The first-order valence-electron chi connectivity index (χ1n) is 19.7. The molecule has 270 valence electrons. The molecule has 0 amide bonds. The van der Waals surface area contributed by atoms with Crippen LogP contribution in [0.3, 0.4) is 0 Å². The molecule has 8 aromatic carbocycles. The third-order valence-corrected chi connectivity index (χ3v) is 12.3. The van der Waals surface area contributed by atoms with Gasteiger partial charge >= 0.3 is 0 Å². The first-order chi connectivity index (χ1) is 28.8. The summed E-state index contributed by atoms with van der Waals surface area (Å²) in [5, 5.41) is 3.04. The van der Waals surface area contributed by atoms with Gasteiger partial charge in [0.05, 0.1) is 21.8 Å². The molecule has 1 spiro atoms. The average molecular weight is 742 g/mol. The maximum Gasteiger partial charge on any atom is 0.236 e. The molecule has 13 rings (SSSR count). The number of nitrogens with zero attached hydrogens (tertiary/aromatic N) is 3. The van der Waals surface area contributed by atoms with E-state index >= 15 is 0 Å². The van der Waals surface area contributed by atoms with E-state index in [0.29, 0.717) is 11.5 Å². The second kappa shape index (κ2) is 11.6. The lowest BCUT2D eigenvalue weighted by Gasteiger charge is -2.39. The molecule has 58 heavy (non-hydrogen) atoms. The molecular formula is C53H31N3O2. The van der Waals surface area contributed by atoms with E-state index in [1.54, 1.807) is 0 Å². The van der Waals surface area contributed by atoms with Crippen molar-refractivity contribution in [3.05, 3.63) is 210 Å². The maximum atomic E-state index is 7.15. The first kappa shape index (κ1) is 31.4. The predicted octanol–water partition coefficient (Wildman–Crippen LogP) is 13.3. The second-order valence-corrected chi connectivity index (χ2v) is 15.2. The molecule has 0 radical (unpaired) electrons. The standard InChI is InChI=1S/C53H31N3O2/c1-2-14-32(15-3-1)33-26-28-34(29-27-33)48-51-49(38-19-7-12-24-45(38)57-51)55-52(54-48)56-43-23-11-6-18-37(43)47-44(56)31-30-42-50(47)58-46-25-13-10-22-41(46)53(42)39-20-8-4-16-35(39)36-17-5-9-21-40(36)53/h1-31H. The van der Waals surface area contributed by atoms with Crippen LogP contribution in [0.25, 0.3) is 83.3 Å². The Morgan fingerprint density at radius 1 is 0.448 bits per heavy atom. The Kier molecular flexibility index (Phi) is 6.31. The molecule has 0 saturated heterocycles. The van der Waals surface area contributed by atoms with E-state index in [1.807, 2.05) is 24.3 Å². The Morgan fingerprint density at radius 2 is 1.07 bits per heavy atom. The molecule has 3 aromatic heterocycles. The molecule has 0 atom stereocenters. The zero-order valence-corrected chi connectivity index (χ0v) is 31.1. The normalized spacial score (nSPS) is 13.4. The summed E-state index contributed by atoms with van der Waals surface area (Å²) in [7, 11) is 0. The van der Waals surface area contributed by atoms with Gasteiger partial charge in [-0.1, -0.05) is 158 Å². The fourth-order valence-corrected chi connectivity index (χ4v) is 9.91. The quantitative estimate of drug-likeness (QED) is 0.181. The van der Waals surface area contributed by atoms with Gasteiger partial charge in [0.15, 0.2) is 5.58 Å².